The Morgan fingerprint density at radius 2 is 2.30 bits per heavy atom. The first kappa shape index (κ1) is 14.3. The highest BCUT2D eigenvalue weighted by Gasteiger charge is 2.44. The van der Waals surface area contributed by atoms with Crippen LogP contribution in [0.1, 0.15) is 32.1 Å². The summed E-state index contributed by atoms with van der Waals surface area (Å²) in [7, 11) is 1.69. The Hall–Kier alpha value is -0.650. The standard InChI is InChI=1S/C15H27N3O2/c1-20-11-15(6-7-16-10-15)14(19)17-12-5-9-18-8-3-2-4-13(12)18/h12-13,16H,2-11H2,1H3,(H,17,19). The summed E-state index contributed by atoms with van der Waals surface area (Å²) >= 11 is 0. The van der Waals surface area contributed by atoms with Gasteiger partial charge in [-0.25, -0.2) is 0 Å². The van der Waals surface area contributed by atoms with Gasteiger partial charge in [-0.2, -0.15) is 0 Å². The molecule has 5 heteroatoms. The van der Waals surface area contributed by atoms with Crippen molar-refractivity contribution in [2.24, 2.45) is 5.41 Å². The lowest BCUT2D eigenvalue weighted by Crippen LogP contribution is -2.53. The van der Waals surface area contributed by atoms with Gasteiger partial charge in [0.25, 0.3) is 0 Å². The zero-order chi connectivity index (χ0) is 14.0. The van der Waals surface area contributed by atoms with Crippen LogP contribution >= 0.6 is 0 Å². The predicted octanol–water partition coefficient (Wildman–Crippen LogP) is 0.356. The SMILES string of the molecule is COCC1(C(=O)NC2CCN3CCCCC23)CCNC1. The van der Waals surface area contributed by atoms with Crippen LogP contribution in [0.3, 0.4) is 0 Å². The van der Waals surface area contributed by atoms with Crippen molar-refractivity contribution in [2.45, 2.75) is 44.2 Å². The summed E-state index contributed by atoms with van der Waals surface area (Å²) in [5.74, 6) is 0.196. The molecule has 0 aromatic rings. The van der Waals surface area contributed by atoms with Crippen molar-refractivity contribution in [3.63, 3.8) is 0 Å². The number of hydrogen-bond donors (Lipinski definition) is 2. The first-order valence-corrected chi connectivity index (χ1v) is 8.00. The number of nitrogens with one attached hydrogen (secondary N) is 2. The molecular formula is C15H27N3O2. The third kappa shape index (κ3) is 2.59. The van der Waals surface area contributed by atoms with Gasteiger partial charge >= 0.3 is 0 Å². The van der Waals surface area contributed by atoms with Crippen molar-refractivity contribution >= 4 is 5.91 Å². The van der Waals surface area contributed by atoms with Crippen molar-refractivity contribution in [1.82, 2.24) is 15.5 Å². The molecule has 3 heterocycles. The second kappa shape index (κ2) is 6.00. The Morgan fingerprint density at radius 3 is 3.05 bits per heavy atom. The summed E-state index contributed by atoms with van der Waals surface area (Å²) in [5, 5.41) is 6.65. The predicted molar refractivity (Wildman–Crippen MR) is 77.6 cm³/mol. The van der Waals surface area contributed by atoms with Gasteiger partial charge in [0.1, 0.15) is 0 Å². The quantitative estimate of drug-likeness (QED) is 0.781. The molecule has 3 saturated heterocycles. The van der Waals surface area contributed by atoms with Crippen molar-refractivity contribution in [3.8, 4) is 0 Å². The van der Waals surface area contributed by atoms with E-state index in [-0.39, 0.29) is 11.3 Å². The van der Waals surface area contributed by atoms with Crippen molar-refractivity contribution < 1.29 is 9.53 Å². The number of fused-ring (bicyclic) bond motifs is 1. The van der Waals surface area contributed by atoms with E-state index in [1.807, 2.05) is 0 Å². The monoisotopic (exact) mass is 281 g/mol. The van der Waals surface area contributed by atoms with Gasteiger partial charge in [-0.05, 0) is 38.8 Å². The van der Waals surface area contributed by atoms with Crippen molar-refractivity contribution in [3.05, 3.63) is 0 Å². The van der Waals surface area contributed by atoms with Crippen molar-refractivity contribution in [1.29, 1.82) is 0 Å². The molecule has 0 bridgehead atoms. The number of rotatable bonds is 4. The maximum Gasteiger partial charge on any atom is 0.230 e. The lowest BCUT2D eigenvalue weighted by Gasteiger charge is -2.34. The molecule has 1 amide bonds. The summed E-state index contributed by atoms with van der Waals surface area (Å²) in [6, 6.07) is 0.916. The molecule has 3 aliphatic heterocycles. The van der Waals surface area contributed by atoms with E-state index < -0.39 is 0 Å². The van der Waals surface area contributed by atoms with Crippen LogP contribution in [0.4, 0.5) is 0 Å². The number of amides is 1. The molecule has 3 unspecified atom stereocenters. The average molecular weight is 281 g/mol. The molecule has 0 spiro atoms. The summed E-state index contributed by atoms with van der Waals surface area (Å²) in [6.45, 7) is 4.53. The highest BCUT2D eigenvalue weighted by molar-refractivity contribution is 5.84. The van der Waals surface area contributed by atoms with Crippen LogP contribution in [0, 0.1) is 5.41 Å². The Balaban J connectivity index is 1.63. The number of piperidine rings is 1. The van der Waals surface area contributed by atoms with E-state index in [2.05, 4.69) is 15.5 Å². The molecule has 5 nitrogen and oxygen atoms in total. The Kier molecular flexibility index (Phi) is 4.29. The molecule has 0 aliphatic carbocycles. The van der Waals surface area contributed by atoms with Gasteiger partial charge < -0.3 is 15.4 Å². The highest BCUT2D eigenvalue weighted by atomic mass is 16.5. The molecule has 3 atom stereocenters. The zero-order valence-corrected chi connectivity index (χ0v) is 12.5. The molecule has 0 aromatic carbocycles. The van der Waals surface area contributed by atoms with Gasteiger partial charge in [0.2, 0.25) is 5.91 Å². The Bertz CT molecular complexity index is 355. The molecule has 2 N–H and O–H groups in total. The molecule has 3 aliphatic rings. The molecule has 0 radical (unpaired) electrons. The first-order chi connectivity index (χ1) is 9.75. The second-order valence-corrected chi connectivity index (χ2v) is 6.61. The first-order valence-electron chi connectivity index (χ1n) is 8.00. The molecule has 114 valence electrons. The van der Waals surface area contributed by atoms with E-state index in [1.165, 1.54) is 25.8 Å². The van der Waals surface area contributed by atoms with E-state index in [9.17, 15) is 4.79 Å². The molecule has 20 heavy (non-hydrogen) atoms. The summed E-state index contributed by atoms with van der Waals surface area (Å²) < 4.78 is 5.31. The van der Waals surface area contributed by atoms with Gasteiger partial charge in [0.05, 0.1) is 12.0 Å². The van der Waals surface area contributed by atoms with E-state index in [0.717, 1.165) is 32.5 Å². The molecule has 3 rings (SSSR count). The molecule has 0 saturated carbocycles. The van der Waals surface area contributed by atoms with Gasteiger partial charge in [0.15, 0.2) is 0 Å². The normalized spacial score (nSPS) is 37.9. The summed E-state index contributed by atoms with van der Waals surface area (Å²) in [4.78, 5) is 15.3. The van der Waals surface area contributed by atoms with E-state index in [0.29, 0.717) is 18.7 Å². The summed E-state index contributed by atoms with van der Waals surface area (Å²) in [5.41, 5.74) is -0.350. The maximum atomic E-state index is 12.7. The van der Waals surface area contributed by atoms with Crippen LogP contribution in [0.2, 0.25) is 0 Å². The largest absolute Gasteiger partial charge is 0.384 e. The minimum atomic E-state index is -0.350. The van der Waals surface area contributed by atoms with Gasteiger partial charge in [-0.15, -0.1) is 0 Å². The number of carbonyl (C=O) groups excluding carboxylic acids is 1. The Morgan fingerprint density at radius 1 is 1.40 bits per heavy atom. The Labute approximate surface area is 121 Å². The van der Waals surface area contributed by atoms with Crippen LogP contribution < -0.4 is 10.6 Å². The third-order valence-corrected chi connectivity index (χ3v) is 5.32. The van der Waals surface area contributed by atoms with Crippen LogP contribution in [0.5, 0.6) is 0 Å². The fraction of sp³-hybridized carbons (Fsp3) is 0.933. The van der Waals surface area contributed by atoms with Gasteiger partial charge in [0, 0.05) is 32.3 Å². The molecule has 3 fully saturated rings. The topological polar surface area (TPSA) is 53.6 Å². The number of nitrogens with zero attached hydrogens (tertiary/aromatic N) is 1. The third-order valence-electron chi connectivity index (χ3n) is 5.32. The zero-order valence-electron chi connectivity index (χ0n) is 12.5. The number of carbonyl (C=O) groups is 1. The fourth-order valence-corrected chi connectivity index (χ4v) is 4.14. The molecular weight excluding hydrogens is 254 g/mol. The highest BCUT2D eigenvalue weighted by Crippen LogP contribution is 2.30. The van der Waals surface area contributed by atoms with Gasteiger partial charge in [-0.3, -0.25) is 9.69 Å². The number of methoxy groups -OCH3 is 1. The molecule has 0 aromatic heterocycles. The minimum Gasteiger partial charge on any atom is -0.384 e. The number of ether oxygens (including phenoxy) is 1. The lowest BCUT2D eigenvalue weighted by atomic mass is 9.86. The van der Waals surface area contributed by atoms with Crippen molar-refractivity contribution in [2.75, 3.05) is 39.9 Å². The minimum absolute atomic E-state index is 0.196. The average Bonchev–Trinajstić information content (AvgIpc) is 3.08. The lowest BCUT2D eigenvalue weighted by molar-refractivity contribution is -0.134. The maximum absolute atomic E-state index is 12.7. The van der Waals surface area contributed by atoms with E-state index >= 15 is 0 Å². The van der Waals surface area contributed by atoms with Crippen LogP contribution in [0.25, 0.3) is 0 Å². The van der Waals surface area contributed by atoms with Crippen LogP contribution in [-0.2, 0) is 9.53 Å². The fourth-order valence-electron chi connectivity index (χ4n) is 4.14. The van der Waals surface area contributed by atoms with Crippen LogP contribution in [0.15, 0.2) is 0 Å². The second-order valence-electron chi connectivity index (χ2n) is 6.61. The van der Waals surface area contributed by atoms with Crippen LogP contribution in [-0.4, -0.2) is 62.8 Å². The summed E-state index contributed by atoms with van der Waals surface area (Å²) in [6.07, 6.45) is 5.84. The van der Waals surface area contributed by atoms with E-state index in [4.69, 9.17) is 4.74 Å². The van der Waals surface area contributed by atoms with Gasteiger partial charge in [-0.1, -0.05) is 6.42 Å². The smallest absolute Gasteiger partial charge is 0.230 e. The number of hydrogen-bond acceptors (Lipinski definition) is 4. The van der Waals surface area contributed by atoms with E-state index in [1.54, 1.807) is 7.11 Å².